The van der Waals surface area contributed by atoms with Crippen molar-refractivity contribution in [3.05, 3.63) is 17.7 Å². The van der Waals surface area contributed by atoms with Gasteiger partial charge in [-0.05, 0) is 19.1 Å². The van der Waals surface area contributed by atoms with Crippen LogP contribution in [0.15, 0.2) is 12.1 Å². The highest BCUT2D eigenvalue weighted by atomic mass is 32.1. The van der Waals surface area contributed by atoms with E-state index in [1.165, 1.54) is 11.3 Å². The van der Waals surface area contributed by atoms with Crippen molar-refractivity contribution >= 4 is 32.7 Å². The number of urea groups is 1. The van der Waals surface area contributed by atoms with Crippen molar-refractivity contribution in [3.8, 4) is 5.75 Å². The minimum Gasteiger partial charge on any atom is -0.508 e. The van der Waals surface area contributed by atoms with E-state index in [4.69, 9.17) is 4.74 Å². The lowest BCUT2D eigenvalue weighted by Crippen LogP contribution is -2.36. The number of carbonyl (C=O) groups is 1. The number of anilines is 1. The smallest absolute Gasteiger partial charge is 0.324 e. The molecule has 1 aromatic heterocycles. The molecule has 1 aromatic carbocycles. The van der Waals surface area contributed by atoms with E-state index in [-0.39, 0.29) is 23.9 Å². The summed E-state index contributed by atoms with van der Waals surface area (Å²) in [7, 11) is 0. The van der Waals surface area contributed by atoms with Crippen LogP contribution < -0.4 is 10.2 Å². The molecule has 2 N–H and O–H groups in total. The van der Waals surface area contributed by atoms with Crippen LogP contribution in [0.5, 0.6) is 5.75 Å². The predicted octanol–water partition coefficient (Wildman–Crippen LogP) is 1.61. The first kappa shape index (κ1) is 11.9. The normalized spacial score (nSPS) is 25.2. The van der Waals surface area contributed by atoms with Crippen molar-refractivity contribution in [2.75, 3.05) is 18.1 Å². The number of phenolic OH excluding ortho intramolecular Hbond substituents is 1. The summed E-state index contributed by atoms with van der Waals surface area (Å²) in [6.45, 7) is 2.91. The minimum atomic E-state index is -0.121. The number of rotatable bonds is 1. The Morgan fingerprint density at radius 3 is 3.20 bits per heavy atom. The molecule has 0 spiro atoms. The van der Waals surface area contributed by atoms with Crippen molar-refractivity contribution in [1.29, 1.82) is 0 Å². The number of nitrogens with zero attached hydrogens (tertiary/aromatic N) is 2. The Hall–Kier alpha value is -1.86. The molecule has 0 aliphatic carbocycles. The average molecular weight is 291 g/mol. The van der Waals surface area contributed by atoms with Crippen LogP contribution in [-0.4, -0.2) is 41.4 Å². The molecular formula is C13H13N3O3S. The fourth-order valence-corrected chi connectivity index (χ4v) is 3.83. The lowest BCUT2D eigenvalue weighted by Gasteiger charge is -2.17. The Bertz CT molecular complexity index is 714. The fraction of sp³-hybridized carbons (Fsp3) is 0.385. The zero-order valence-corrected chi connectivity index (χ0v) is 11.6. The second kappa shape index (κ2) is 4.07. The summed E-state index contributed by atoms with van der Waals surface area (Å²) < 4.78 is 6.37. The molecule has 0 radical (unpaired) electrons. The molecule has 3 heterocycles. The third kappa shape index (κ3) is 1.53. The lowest BCUT2D eigenvalue weighted by atomic mass is 10.2. The van der Waals surface area contributed by atoms with Crippen molar-refractivity contribution in [1.82, 2.24) is 10.3 Å². The summed E-state index contributed by atoms with van der Waals surface area (Å²) in [4.78, 5) is 18.3. The van der Waals surface area contributed by atoms with E-state index >= 15 is 0 Å². The maximum Gasteiger partial charge on any atom is 0.324 e. The minimum absolute atomic E-state index is 0.0111. The molecule has 2 amide bonds. The number of nitrogens with one attached hydrogen (secondary N) is 1. The number of aryl methyl sites for hydroxylation is 1. The molecule has 2 saturated heterocycles. The molecular weight excluding hydrogens is 278 g/mol. The molecule has 2 aromatic rings. The average Bonchev–Trinajstić information content (AvgIpc) is 3.07. The third-order valence-corrected chi connectivity index (χ3v) is 4.91. The van der Waals surface area contributed by atoms with Gasteiger partial charge < -0.3 is 15.2 Å². The molecule has 2 atom stereocenters. The standard InChI is InChI=1S/C13H13N3O3S/c1-6-9(17)2-3-10-11(6)15-13(20-10)16-8-5-19-4-7(8)14-12(16)18/h2-3,7-8,17H,4-5H2,1H3,(H,14,18). The van der Waals surface area contributed by atoms with Crippen LogP contribution in [0, 0.1) is 6.92 Å². The van der Waals surface area contributed by atoms with Gasteiger partial charge in [-0.2, -0.15) is 0 Å². The number of hydrogen-bond acceptors (Lipinski definition) is 5. The van der Waals surface area contributed by atoms with E-state index in [1.54, 1.807) is 11.0 Å². The van der Waals surface area contributed by atoms with Crippen LogP contribution in [0.3, 0.4) is 0 Å². The maximum absolute atomic E-state index is 12.1. The highest BCUT2D eigenvalue weighted by Gasteiger charge is 2.45. The number of amides is 2. The zero-order chi connectivity index (χ0) is 13.9. The summed E-state index contributed by atoms with van der Waals surface area (Å²) >= 11 is 1.46. The molecule has 4 rings (SSSR count). The van der Waals surface area contributed by atoms with Gasteiger partial charge in [-0.15, -0.1) is 0 Å². The lowest BCUT2D eigenvalue weighted by molar-refractivity contribution is 0.182. The van der Waals surface area contributed by atoms with Gasteiger partial charge in [-0.25, -0.2) is 9.78 Å². The Balaban J connectivity index is 1.82. The number of aromatic hydroxyl groups is 1. The molecule has 2 aliphatic heterocycles. The third-order valence-electron chi connectivity index (χ3n) is 3.89. The number of ether oxygens (including phenoxy) is 1. The van der Waals surface area contributed by atoms with Gasteiger partial charge in [0.05, 0.1) is 35.5 Å². The highest BCUT2D eigenvalue weighted by molar-refractivity contribution is 7.22. The van der Waals surface area contributed by atoms with E-state index in [0.717, 1.165) is 15.8 Å². The van der Waals surface area contributed by atoms with Crippen LogP contribution in [0.25, 0.3) is 10.2 Å². The van der Waals surface area contributed by atoms with Crippen molar-refractivity contribution in [2.24, 2.45) is 0 Å². The molecule has 2 fully saturated rings. The van der Waals surface area contributed by atoms with Crippen LogP contribution in [0.1, 0.15) is 5.56 Å². The summed E-state index contributed by atoms with van der Waals surface area (Å²) in [5, 5.41) is 13.3. The molecule has 6 nitrogen and oxygen atoms in total. The Morgan fingerprint density at radius 1 is 1.50 bits per heavy atom. The summed E-state index contributed by atoms with van der Waals surface area (Å²) in [5.41, 5.74) is 1.49. The van der Waals surface area contributed by atoms with E-state index in [9.17, 15) is 9.90 Å². The molecule has 7 heteroatoms. The number of hydrogen-bond donors (Lipinski definition) is 2. The molecule has 0 bridgehead atoms. The van der Waals surface area contributed by atoms with Crippen LogP contribution in [0.2, 0.25) is 0 Å². The number of benzene rings is 1. The van der Waals surface area contributed by atoms with Gasteiger partial charge in [0.25, 0.3) is 0 Å². The van der Waals surface area contributed by atoms with Gasteiger partial charge in [0, 0.05) is 5.56 Å². The maximum atomic E-state index is 12.1. The number of phenols is 1. The van der Waals surface area contributed by atoms with Crippen molar-refractivity contribution in [2.45, 2.75) is 19.0 Å². The molecule has 20 heavy (non-hydrogen) atoms. The summed E-state index contributed by atoms with van der Waals surface area (Å²) in [6.07, 6.45) is 0. The zero-order valence-electron chi connectivity index (χ0n) is 10.8. The Kier molecular flexibility index (Phi) is 2.42. The first-order chi connectivity index (χ1) is 9.65. The second-order valence-electron chi connectivity index (χ2n) is 5.08. The monoisotopic (exact) mass is 291 g/mol. The van der Waals surface area contributed by atoms with Gasteiger partial charge in [0.2, 0.25) is 0 Å². The fourth-order valence-electron chi connectivity index (χ4n) is 2.75. The van der Waals surface area contributed by atoms with Crippen molar-refractivity contribution in [3.63, 3.8) is 0 Å². The topological polar surface area (TPSA) is 74.7 Å². The first-order valence-electron chi connectivity index (χ1n) is 6.42. The Labute approximate surface area is 119 Å². The number of carbonyl (C=O) groups excluding carboxylic acids is 1. The van der Waals surface area contributed by atoms with E-state index < -0.39 is 0 Å². The van der Waals surface area contributed by atoms with E-state index in [2.05, 4.69) is 10.3 Å². The Morgan fingerprint density at radius 2 is 2.35 bits per heavy atom. The first-order valence-corrected chi connectivity index (χ1v) is 7.23. The predicted molar refractivity (Wildman–Crippen MR) is 75.4 cm³/mol. The van der Waals surface area contributed by atoms with Gasteiger partial charge in [-0.1, -0.05) is 11.3 Å². The highest BCUT2D eigenvalue weighted by Crippen LogP contribution is 2.36. The van der Waals surface area contributed by atoms with Gasteiger partial charge in [0.1, 0.15) is 5.75 Å². The van der Waals surface area contributed by atoms with E-state index in [0.29, 0.717) is 18.3 Å². The number of thiazole rings is 1. The quantitative estimate of drug-likeness (QED) is 0.837. The summed E-state index contributed by atoms with van der Waals surface area (Å²) in [5.74, 6) is 0.224. The van der Waals surface area contributed by atoms with Crippen LogP contribution in [-0.2, 0) is 4.74 Å². The number of aromatic nitrogens is 1. The van der Waals surface area contributed by atoms with Gasteiger partial charge in [0.15, 0.2) is 5.13 Å². The van der Waals surface area contributed by atoms with E-state index in [1.807, 2.05) is 13.0 Å². The van der Waals surface area contributed by atoms with Crippen molar-refractivity contribution < 1.29 is 14.6 Å². The van der Waals surface area contributed by atoms with Gasteiger partial charge >= 0.3 is 6.03 Å². The molecule has 2 aliphatic rings. The molecule has 0 saturated carbocycles. The van der Waals surface area contributed by atoms with Gasteiger partial charge in [-0.3, -0.25) is 4.90 Å². The van der Waals surface area contributed by atoms with Crippen LogP contribution >= 0.6 is 11.3 Å². The molecule has 2 unspecified atom stereocenters. The molecule has 104 valence electrons. The SMILES string of the molecule is Cc1c(O)ccc2sc(N3C(=O)NC4COCC43)nc12. The number of fused-ring (bicyclic) bond motifs is 2. The largest absolute Gasteiger partial charge is 0.508 e. The second-order valence-corrected chi connectivity index (χ2v) is 6.09. The van der Waals surface area contributed by atoms with Crippen LogP contribution in [0.4, 0.5) is 9.93 Å². The summed E-state index contributed by atoms with van der Waals surface area (Å²) in [6, 6.07) is 3.42.